The number of carbonyl (C=O) groups is 1. The molecule has 2 aliphatic heterocycles. The van der Waals surface area contributed by atoms with Crippen LogP contribution in [0.1, 0.15) is 42.1 Å². The van der Waals surface area contributed by atoms with Gasteiger partial charge in [-0.25, -0.2) is 9.79 Å². The van der Waals surface area contributed by atoms with E-state index >= 15 is 0 Å². The molecule has 2 heterocycles. The topological polar surface area (TPSA) is 81.2 Å². The van der Waals surface area contributed by atoms with Crippen molar-refractivity contribution >= 4 is 11.9 Å². The second kappa shape index (κ2) is 8.40. The smallest absolute Gasteiger partial charge is 0.341 e. The lowest BCUT2D eigenvalue weighted by atomic mass is 9.96. The van der Waals surface area contributed by atoms with Crippen molar-refractivity contribution in [1.82, 2.24) is 10.6 Å². The first-order chi connectivity index (χ1) is 12.6. The number of esters is 1. The molecule has 3 rings (SSSR count). The Labute approximate surface area is 154 Å². The lowest BCUT2D eigenvalue weighted by Crippen LogP contribution is -2.47. The van der Waals surface area contributed by atoms with Crippen molar-refractivity contribution in [2.24, 2.45) is 4.99 Å². The van der Waals surface area contributed by atoms with Crippen molar-refractivity contribution in [2.75, 3.05) is 20.8 Å². The van der Waals surface area contributed by atoms with E-state index < -0.39 is 5.97 Å². The van der Waals surface area contributed by atoms with E-state index in [1.165, 1.54) is 20.6 Å². The molecule has 2 N–H and O–H groups in total. The number of benzene rings is 1. The summed E-state index contributed by atoms with van der Waals surface area (Å²) >= 11 is 0. The normalized spacial score (nSPS) is 24.4. The Morgan fingerprint density at radius 2 is 2.19 bits per heavy atom. The molecule has 3 atom stereocenters. The van der Waals surface area contributed by atoms with Crippen LogP contribution in [0.5, 0.6) is 5.75 Å². The summed E-state index contributed by atoms with van der Waals surface area (Å²) in [5.74, 6) is 0.858. The van der Waals surface area contributed by atoms with Gasteiger partial charge in [-0.1, -0.05) is 6.07 Å². The molecule has 0 radical (unpaired) electrons. The third-order valence-corrected chi connectivity index (χ3v) is 4.86. The Kier molecular flexibility index (Phi) is 5.98. The van der Waals surface area contributed by atoms with Crippen LogP contribution in [0.2, 0.25) is 0 Å². The first-order valence-electron chi connectivity index (χ1n) is 9.10. The van der Waals surface area contributed by atoms with Crippen LogP contribution < -0.4 is 15.4 Å². The third kappa shape index (κ3) is 4.09. The van der Waals surface area contributed by atoms with Gasteiger partial charge in [0.1, 0.15) is 11.3 Å². The minimum absolute atomic E-state index is 0.295. The van der Waals surface area contributed by atoms with Crippen LogP contribution in [0.15, 0.2) is 23.2 Å². The summed E-state index contributed by atoms with van der Waals surface area (Å²) < 4.78 is 16.0. The van der Waals surface area contributed by atoms with Gasteiger partial charge < -0.3 is 24.8 Å². The lowest BCUT2D eigenvalue weighted by molar-refractivity contribution is 0.0597. The number of carbonyl (C=O) groups excluding carboxylic acids is 1. The van der Waals surface area contributed by atoms with Gasteiger partial charge >= 0.3 is 5.97 Å². The molecule has 2 aliphatic rings. The molecule has 0 aromatic heterocycles. The van der Waals surface area contributed by atoms with Gasteiger partial charge in [0.2, 0.25) is 0 Å². The van der Waals surface area contributed by atoms with Gasteiger partial charge in [0.15, 0.2) is 5.96 Å². The summed E-state index contributed by atoms with van der Waals surface area (Å²) in [6, 6.07) is 5.71. The Morgan fingerprint density at radius 3 is 2.81 bits per heavy atom. The van der Waals surface area contributed by atoms with Crippen LogP contribution in [0.3, 0.4) is 0 Å². The molecule has 0 aliphatic carbocycles. The molecule has 2 saturated heterocycles. The molecule has 0 amide bonds. The van der Waals surface area contributed by atoms with Crippen LogP contribution in [0, 0.1) is 0 Å². The summed E-state index contributed by atoms with van der Waals surface area (Å²) in [4.78, 5) is 16.4. The molecule has 1 aromatic rings. The van der Waals surface area contributed by atoms with Gasteiger partial charge in [-0.05, 0) is 43.9 Å². The van der Waals surface area contributed by atoms with Crippen LogP contribution in [0.25, 0.3) is 0 Å². The zero-order chi connectivity index (χ0) is 18.5. The average molecular weight is 361 g/mol. The fourth-order valence-corrected chi connectivity index (χ4v) is 3.57. The number of fused-ring (bicyclic) bond motifs is 2. The molecule has 142 valence electrons. The summed E-state index contributed by atoms with van der Waals surface area (Å²) in [6.07, 6.45) is 4.02. The van der Waals surface area contributed by atoms with E-state index in [1.807, 2.05) is 19.1 Å². The molecule has 0 saturated carbocycles. The van der Waals surface area contributed by atoms with E-state index in [0.717, 1.165) is 30.9 Å². The van der Waals surface area contributed by atoms with E-state index in [0.29, 0.717) is 36.1 Å². The number of rotatable bonds is 6. The molecular formula is C19H27N3O4. The van der Waals surface area contributed by atoms with Crippen molar-refractivity contribution in [1.29, 1.82) is 0 Å². The molecule has 7 nitrogen and oxygen atoms in total. The highest BCUT2D eigenvalue weighted by atomic mass is 16.5. The van der Waals surface area contributed by atoms with E-state index in [1.54, 1.807) is 6.07 Å². The molecule has 2 fully saturated rings. The predicted molar refractivity (Wildman–Crippen MR) is 98.6 cm³/mol. The van der Waals surface area contributed by atoms with Gasteiger partial charge in [-0.15, -0.1) is 0 Å². The van der Waals surface area contributed by atoms with Crippen molar-refractivity contribution in [2.45, 2.75) is 51.0 Å². The molecule has 0 spiro atoms. The summed E-state index contributed by atoms with van der Waals surface area (Å²) in [5.41, 5.74) is 1.36. The van der Waals surface area contributed by atoms with Crippen molar-refractivity contribution in [3.05, 3.63) is 29.3 Å². The SMILES string of the molecule is CCNC(=NCc1ccc(C(=O)OC)c(OC)c1)NC1CC2CCC1O2. The molecule has 26 heavy (non-hydrogen) atoms. The largest absolute Gasteiger partial charge is 0.496 e. The summed E-state index contributed by atoms with van der Waals surface area (Å²) in [7, 11) is 2.89. The minimum atomic E-state index is -0.414. The molecular weight excluding hydrogens is 334 g/mol. The summed E-state index contributed by atoms with van der Waals surface area (Å²) in [5, 5.41) is 6.78. The lowest BCUT2D eigenvalue weighted by Gasteiger charge is -2.22. The maximum atomic E-state index is 11.8. The molecule has 1 aromatic carbocycles. The molecule has 2 bridgehead atoms. The highest BCUT2D eigenvalue weighted by Crippen LogP contribution is 2.34. The monoisotopic (exact) mass is 361 g/mol. The van der Waals surface area contributed by atoms with Crippen molar-refractivity contribution < 1.29 is 19.0 Å². The maximum Gasteiger partial charge on any atom is 0.341 e. The number of aliphatic imine (C=N–C) groups is 1. The number of hydrogen-bond acceptors (Lipinski definition) is 5. The Morgan fingerprint density at radius 1 is 1.35 bits per heavy atom. The van der Waals surface area contributed by atoms with Crippen molar-refractivity contribution in [3.8, 4) is 5.75 Å². The third-order valence-electron chi connectivity index (χ3n) is 4.86. The predicted octanol–water partition coefficient (Wildman–Crippen LogP) is 1.86. The minimum Gasteiger partial charge on any atom is -0.496 e. The van der Waals surface area contributed by atoms with Crippen LogP contribution in [-0.2, 0) is 16.0 Å². The van der Waals surface area contributed by atoms with Gasteiger partial charge in [0, 0.05) is 6.54 Å². The van der Waals surface area contributed by atoms with E-state index in [9.17, 15) is 4.79 Å². The fourth-order valence-electron chi connectivity index (χ4n) is 3.57. The Balaban J connectivity index is 1.68. The van der Waals surface area contributed by atoms with Gasteiger partial charge in [0.25, 0.3) is 0 Å². The van der Waals surface area contributed by atoms with E-state index in [-0.39, 0.29) is 0 Å². The Hall–Kier alpha value is -2.28. The second-order valence-electron chi connectivity index (χ2n) is 6.58. The number of ether oxygens (including phenoxy) is 3. The number of guanidine groups is 1. The zero-order valence-electron chi connectivity index (χ0n) is 15.6. The zero-order valence-corrected chi connectivity index (χ0v) is 15.6. The standard InChI is InChI=1S/C19H27N3O4/c1-4-20-19(22-15-10-13-6-8-16(15)26-13)21-11-12-5-7-14(18(23)25-3)17(9-12)24-2/h5,7,9,13,15-16H,4,6,8,10-11H2,1-3H3,(H2,20,21,22). The second-order valence-corrected chi connectivity index (χ2v) is 6.58. The highest BCUT2D eigenvalue weighted by Gasteiger charge is 2.41. The van der Waals surface area contributed by atoms with Crippen LogP contribution in [-0.4, -0.2) is 50.9 Å². The van der Waals surface area contributed by atoms with Gasteiger partial charge in [-0.2, -0.15) is 0 Å². The molecule has 3 unspecified atom stereocenters. The van der Waals surface area contributed by atoms with E-state index in [2.05, 4.69) is 15.6 Å². The average Bonchev–Trinajstić information content (AvgIpc) is 3.28. The van der Waals surface area contributed by atoms with Gasteiger partial charge in [0.05, 0.1) is 39.0 Å². The first-order valence-corrected chi connectivity index (χ1v) is 9.10. The fraction of sp³-hybridized carbons (Fsp3) is 0.579. The quantitative estimate of drug-likeness (QED) is 0.457. The highest BCUT2D eigenvalue weighted by molar-refractivity contribution is 5.92. The number of nitrogens with one attached hydrogen (secondary N) is 2. The van der Waals surface area contributed by atoms with Crippen LogP contribution >= 0.6 is 0 Å². The number of hydrogen-bond donors (Lipinski definition) is 2. The summed E-state index contributed by atoms with van der Waals surface area (Å²) in [6.45, 7) is 3.32. The molecule has 7 heteroatoms. The maximum absolute atomic E-state index is 11.8. The van der Waals surface area contributed by atoms with Crippen molar-refractivity contribution in [3.63, 3.8) is 0 Å². The van der Waals surface area contributed by atoms with Crippen LogP contribution in [0.4, 0.5) is 0 Å². The number of nitrogens with zero attached hydrogens (tertiary/aromatic N) is 1. The Bertz CT molecular complexity index is 677. The van der Waals surface area contributed by atoms with Gasteiger partial charge in [-0.3, -0.25) is 0 Å². The number of methoxy groups -OCH3 is 2. The van der Waals surface area contributed by atoms with E-state index in [4.69, 9.17) is 14.2 Å². The first kappa shape index (κ1) is 18.5.